The van der Waals surface area contributed by atoms with Gasteiger partial charge >= 0.3 is 0 Å². The summed E-state index contributed by atoms with van der Waals surface area (Å²) in [4.78, 5) is 26.0. The molecule has 2 heterocycles. The summed E-state index contributed by atoms with van der Waals surface area (Å²) in [5, 5.41) is 4.70. The molecule has 0 unspecified atom stereocenters. The van der Waals surface area contributed by atoms with E-state index in [2.05, 4.69) is 26.1 Å². The molecule has 0 aliphatic rings. The van der Waals surface area contributed by atoms with Gasteiger partial charge in [0.1, 0.15) is 5.52 Å². The predicted molar refractivity (Wildman–Crippen MR) is 107 cm³/mol. The Kier molecular flexibility index (Phi) is 5.16. The first-order chi connectivity index (χ1) is 12.5. The number of benzene rings is 1. The number of aryl methyl sites for hydroxylation is 1. The van der Waals surface area contributed by atoms with Crippen molar-refractivity contribution in [3.05, 3.63) is 46.4 Å². The minimum atomic E-state index is -0.114. The molecule has 5 heteroatoms. The van der Waals surface area contributed by atoms with E-state index in [9.17, 15) is 9.59 Å². The second kappa shape index (κ2) is 7.36. The first-order valence-corrected chi connectivity index (χ1v) is 9.34. The number of rotatable bonds is 6. The zero-order chi connectivity index (χ0) is 18.8. The van der Waals surface area contributed by atoms with Gasteiger partial charge in [0.15, 0.2) is 0 Å². The van der Waals surface area contributed by atoms with Crippen molar-refractivity contribution in [3.63, 3.8) is 0 Å². The second-order valence-electron chi connectivity index (χ2n) is 7.30. The summed E-state index contributed by atoms with van der Waals surface area (Å²) in [7, 11) is 1.89. The van der Waals surface area contributed by atoms with Gasteiger partial charge in [0.05, 0.1) is 5.56 Å². The van der Waals surface area contributed by atoms with Crippen LogP contribution in [0.2, 0.25) is 0 Å². The largest absolute Gasteiger partial charge is 0.352 e. The predicted octanol–water partition coefficient (Wildman–Crippen LogP) is 3.68. The molecule has 0 aliphatic carbocycles. The van der Waals surface area contributed by atoms with E-state index < -0.39 is 0 Å². The summed E-state index contributed by atoms with van der Waals surface area (Å²) >= 11 is 0. The zero-order valence-corrected chi connectivity index (χ0v) is 16.0. The number of carbonyl (C=O) groups is 1. The number of hydrogen-bond acceptors (Lipinski definition) is 2. The van der Waals surface area contributed by atoms with Crippen molar-refractivity contribution >= 4 is 27.7 Å². The summed E-state index contributed by atoms with van der Waals surface area (Å²) in [6, 6.07) is 7.86. The molecule has 1 N–H and O–H groups in total. The minimum absolute atomic E-state index is 0.0440. The Labute approximate surface area is 153 Å². The van der Waals surface area contributed by atoms with Gasteiger partial charge in [0.25, 0.3) is 11.5 Å². The fraction of sp³-hybridized carbons (Fsp3) is 0.429. The molecule has 0 saturated heterocycles. The van der Waals surface area contributed by atoms with Crippen molar-refractivity contribution in [2.75, 3.05) is 6.54 Å². The molecule has 0 spiro atoms. The van der Waals surface area contributed by atoms with Gasteiger partial charge in [-0.2, -0.15) is 0 Å². The van der Waals surface area contributed by atoms with E-state index in [-0.39, 0.29) is 11.5 Å². The molecule has 0 atom stereocenters. The summed E-state index contributed by atoms with van der Waals surface area (Å²) in [6.07, 6.45) is 3.70. The lowest BCUT2D eigenvalue weighted by Crippen LogP contribution is -2.29. The first-order valence-electron chi connectivity index (χ1n) is 9.34. The lowest BCUT2D eigenvalue weighted by molar-refractivity contribution is 0.0954. The monoisotopic (exact) mass is 353 g/mol. The van der Waals surface area contributed by atoms with Crippen LogP contribution in [0, 0.1) is 5.92 Å². The van der Waals surface area contributed by atoms with Crippen LogP contribution in [-0.2, 0) is 13.6 Å². The Bertz CT molecular complexity index is 1010. The Morgan fingerprint density at radius 1 is 1.23 bits per heavy atom. The summed E-state index contributed by atoms with van der Waals surface area (Å²) < 4.78 is 3.59. The van der Waals surface area contributed by atoms with Gasteiger partial charge in [-0.1, -0.05) is 45.4 Å². The molecule has 0 radical (unpaired) electrons. The molecule has 3 rings (SSSR count). The van der Waals surface area contributed by atoms with E-state index in [1.54, 1.807) is 10.8 Å². The quantitative estimate of drug-likeness (QED) is 0.687. The molecule has 0 bridgehead atoms. The molecule has 0 saturated carbocycles. The molecule has 0 fully saturated rings. The molecule has 3 aromatic rings. The maximum absolute atomic E-state index is 13.1. The molecule has 5 nitrogen and oxygen atoms in total. The number of nitrogens with one attached hydrogen (secondary N) is 1. The fourth-order valence-corrected chi connectivity index (χ4v) is 3.51. The summed E-state index contributed by atoms with van der Waals surface area (Å²) in [6.45, 7) is 7.46. The van der Waals surface area contributed by atoms with E-state index in [4.69, 9.17) is 0 Å². The Hall–Kier alpha value is -2.56. The van der Waals surface area contributed by atoms with Crippen LogP contribution in [0.15, 0.2) is 35.3 Å². The molecule has 2 aromatic heterocycles. The number of fused-ring (bicyclic) bond motifs is 3. The molecule has 1 aromatic carbocycles. The number of unbranched alkanes of at least 4 members (excludes halogenated alkanes) is 1. The number of nitrogens with zero attached hydrogens (tertiary/aromatic N) is 2. The number of pyridine rings is 1. The lowest BCUT2D eigenvalue weighted by atomic mass is 10.1. The first kappa shape index (κ1) is 18.2. The van der Waals surface area contributed by atoms with Crippen LogP contribution in [0.1, 0.15) is 44.0 Å². The van der Waals surface area contributed by atoms with Crippen LogP contribution in [0.25, 0.3) is 21.8 Å². The van der Waals surface area contributed by atoms with Gasteiger partial charge in [0.2, 0.25) is 0 Å². The highest BCUT2D eigenvalue weighted by molar-refractivity contribution is 6.17. The van der Waals surface area contributed by atoms with Crippen molar-refractivity contribution in [1.29, 1.82) is 0 Å². The van der Waals surface area contributed by atoms with Crippen molar-refractivity contribution < 1.29 is 4.79 Å². The van der Waals surface area contributed by atoms with Gasteiger partial charge in [-0.15, -0.1) is 0 Å². The number of amides is 1. The third-order valence-corrected chi connectivity index (χ3v) is 4.75. The van der Waals surface area contributed by atoms with Crippen LogP contribution in [0.4, 0.5) is 0 Å². The van der Waals surface area contributed by atoms with Gasteiger partial charge < -0.3 is 14.5 Å². The van der Waals surface area contributed by atoms with E-state index in [0.29, 0.717) is 30.1 Å². The minimum Gasteiger partial charge on any atom is -0.352 e. The smallest absolute Gasteiger partial charge is 0.275 e. The van der Waals surface area contributed by atoms with Gasteiger partial charge in [-0.25, -0.2) is 0 Å². The molecule has 26 heavy (non-hydrogen) atoms. The van der Waals surface area contributed by atoms with Crippen molar-refractivity contribution in [3.8, 4) is 0 Å². The maximum atomic E-state index is 13.1. The lowest BCUT2D eigenvalue weighted by Gasteiger charge is -2.13. The Morgan fingerprint density at radius 2 is 1.96 bits per heavy atom. The van der Waals surface area contributed by atoms with E-state index in [1.807, 2.05) is 35.9 Å². The normalized spacial score (nSPS) is 11.6. The van der Waals surface area contributed by atoms with E-state index >= 15 is 0 Å². The molecular formula is C21H27N3O2. The van der Waals surface area contributed by atoms with Crippen LogP contribution in [-0.4, -0.2) is 21.6 Å². The maximum Gasteiger partial charge on any atom is 0.275 e. The summed E-state index contributed by atoms with van der Waals surface area (Å²) in [5.41, 5.74) is 2.09. The highest BCUT2D eigenvalue weighted by Crippen LogP contribution is 2.29. The SMILES string of the molecule is CCCCNC(=O)c1cn(CC(C)C)c(=O)c2c1c1ccccc1n2C. The van der Waals surface area contributed by atoms with Crippen LogP contribution < -0.4 is 10.9 Å². The number of hydrogen-bond donors (Lipinski definition) is 1. The van der Waals surface area contributed by atoms with Crippen molar-refractivity contribution in [2.24, 2.45) is 13.0 Å². The van der Waals surface area contributed by atoms with E-state index in [0.717, 1.165) is 29.1 Å². The number of aromatic nitrogens is 2. The third kappa shape index (κ3) is 3.14. The zero-order valence-electron chi connectivity index (χ0n) is 16.0. The Balaban J connectivity index is 2.30. The highest BCUT2D eigenvalue weighted by atomic mass is 16.2. The van der Waals surface area contributed by atoms with Crippen LogP contribution in [0.3, 0.4) is 0 Å². The van der Waals surface area contributed by atoms with Crippen LogP contribution >= 0.6 is 0 Å². The standard InChI is InChI=1S/C21H27N3O2/c1-5-6-11-22-20(25)16-13-24(12-14(2)3)21(26)19-18(16)15-9-7-8-10-17(15)23(19)4/h7-10,13-14H,5-6,11-12H2,1-4H3,(H,22,25). The van der Waals surface area contributed by atoms with Crippen molar-refractivity contribution in [2.45, 2.75) is 40.2 Å². The molecular weight excluding hydrogens is 326 g/mol. The number of para-hydroxylation sites is 1. The van der Waals surface area contributed by atoms with E-state index in [1.165, 1.54) is 0 Å². The second-order valence-corrected chi connectivity index (χ2v) is 7.30. The topological polar surface area (TPSA) is 56.0 Å². The molecule has 0 aliphatic heterocycles. The van der Waals surface area contributed by atoms with Gasteiger partial charge in [-0.05, 0) is 18.4 Å². The van der Waals surface area contributed by atoms with Crippen molar-refractivity contribution in [1.82, 2.24) is 14.5 Å². The van der Waals surface area contributed by atoms with Gasteiger partial charge in [0, 0.05) is 42.6 Å². The third-order valence-electron chi connectivity index (χ3n) is 4.75. The molecule has 1 amide bonds. The number of carbonyl (C=O) groups excluding carboxylic acids is 1. The fourth-order valence-electron chi connectivity index (χ4n) is 3.51. The Morgan fingerprint density at radius 3 is 2.65 bits per heavy atom. The average Bonchev–Trinajstić information content (AvgIpc) is 2.91. The molecule has 138 valence electrons. The highest BCUT2D eigenvalue weighted by Gasteiger charge is 2.21. The average molecular weight is 353 g/mol. The summed E-state index contributed by atoms with van der Waals surface area (Å²) in [5.74, 6) is 0.202. The van der Waals surface area contributed by atoms with Crippen LogP contribution in [0.5, 0.6) is 0 Å². The van der Waals surface area contributed by atoms with Gasteiger partial charge in [-0.3, -0.25) is 9.59 Å².